The van der Waals surface area contributed by atoms with Crippen molar-refractivity contribution >= 4 is 28.8 Å². The molecule has 3 heterocycles. The minimum absolute atomic E-state index is 0.0266. The summed E-state index contributed by atoms with van der Waals surface area (Å²) in [5.41, 5.74) is 8.39. The number of nitrogens with zero attached hydrogens (tertiary/aromatic N) is 3. The van der Waals surface area contributed by atoms with Crippen LogP contribution in [0, 0.1) is 13.8 Å². The van der Waals surface area contributed by atoms with Crippen LogP contribution in [0.15, 0.2) is 83.3 Å². The van der Waals surface area contributed by atoms with Crippen molar-refractivity contribution < 1.29 is 9.63 Å². The Morgan fingerprint density at radius 3 is 2.59 bits per heavy atom. The van der Waals surface area contributed by atoms with Crippen LogP contribution in [0.1, 0.15) is 58.7 Å². The number of hydrogen-bond acceptors (Lipinski definition) is 5. The van der Waals surface area contributed by atoms with Crippen LogP contribution in [-0.2, 0) is 4.84 Å². The minimum Gasteiger partial charge on any atom is -0.387 e. The Bertz CT molecular complexity index is 1510. The van der Waals surface area contributed by atoms with Crippen LogP contribution in [0.25, 0.3) is 11.1 Å². The largest absolute Gasteiger partial charge is 0.387 e. The molecule has 39 heavy (non-hydrogen) atoms. The zero-order chi connectivity index (χ0) is 26.8. The van der Waals surface area contributed by atoms with E-state index in [0.29, 0.717) is 12.3 Å². The molecule has 3 aromatic carbocycles. The summed E-state index contributed by atoms with van der Waals surface area (Å²) in [6, 6.07) is 24.9. The molecule has 7 heteroatoms. The van der Waals surface area contributed by atoms with Gasteiger partial charge >= 0.3 is 6.03 Å². The van der Waals surface area contributed by atoms with Gasteiger partial charge in [0.2, 0.25) is 0 Å². The summed E-state index contributed by atoms with van der Waals surface area (Å²) in [4.78, 5) is 25.7. The van der Waals surface area contributed by atoms with Gasteiger partial charge in [-0.05, 0) is 55.0 Å². The van der Waals surface area contributed by atoms with Crippen molar-refractivity contribution in [3.63, 3.8) is 0 Å². The Labute approximate surface area is 233 Å². The summed E-state index contributed by atoms with van der Waals surface area (Å²) in [5, 5.41) is 10.8. The van der Waals surface area contributed by atoms with Crippen molar-refractivity contribution in [3.05, 3.63) is 106 Å². The Morgan fingerprint density at radius 1 is 1.00 bits per heavy atom. The number of aromatic nitrogens is 1. The molecule has 0 bridgehead atoms. The van der Waals surface area contributed by atoms with Crippen molar-refractivity contribution in [2.24, 2.45) is 5.16 Å². The number of rotatable bonds is 5. The first-order chi connectivity index (χ1) is 19.0. The predicted molar refractivity (Wildman–Crippen MR) is 157 cm³/mol. The van der Waals surface area contributed by atoms with E-state index in [2.05, 4.69) is 70.4 Å². The van der Waals surface area contributed by atoms with Crippen LogP contribution in [0.5, 0.6) is 0 Å². The van der Waals surface area contributed by atoms with Gasteiger partial charge in [-0.15, -0.1) is 11.3 Å². The molecule has 1 N–H and O–H groups in total. The minimum atomic E-state index is -0.125. The number of thiazole rings is 1. The van der Waals surface area contributed by atoms with Crippen molar-refractivity contribution in [2.45, 2.75) is 45.1 Å². The molecule has 0 unspecified atom stereocenters. The molecule has 0 spiro atoms. The smallest absolute Gasteiger partial charge is 0.321 e. The molecule has 0 saturated carbocycles. The molecule has 2 amide bonds. The summed E-state index contributed by atoms with van der Waals surface area (Å²) in [5.74, 6) is 0.353. The first-order valence-electron chi connectivity index (χ1n) is 13.5. The highest BCUT2D eigenvalue weighted by Gasteiger charge is 2.30. The quantitative estimate of drug-likeness (QED) is 0.284. The highest BCUT2D eigenvalue weighted by Crippen LogP contribution is 2.37. The number of benzene rings is 3. The first-order valence-corrected chi connectivity index (χ1v) is 14.4. The van der Waals surface area contributed by atoms with Crippen molar-refractivity contribution in [3.8, 4) is 11.1 Å². The fourth-order valence-corrected chi connectivity index (χ4v) is 6.36. The van der Waals surface area contributed by atoms with Crippen molar-refractivity contribution in [1.29, 1.82) is 0 Å². The number of urea groups is 1. The second kappa shape index (κ2) is 11.0. The number of aryl methyl sites for hydroxylation is 2. The lowest BCUT2D eigenvalue weighted by atomic mass is 9.94. The number of nitrogens with one attached hydrogen (secondary N) is 1. The molecule has 1 aromatic heterocycles. The van der Waals surface area contributed by atoms with Gasteiger partial charge in [0.05, 0.1) is 10.7 Å². The standard InChI is InChI=1S/C32H32N4O2S/c1-21-12-13-22(2)27(18-21)34-32(37)36-16-14-24(15-17-36)31-33-29(20-39-31)28-19-30(38-35-28)26-11-7-6-10-25(26)23-8-4-3-5-9-23/h3-13,18,20,24,30H,14-17,19H2,1-2H3,(H,34,37)/t30-/m1/s1. The lowest BCUT2D eigenvalue weighted by Gasteiger charge is -2.31. The summed E-state index contributed by atoms with van der Waals surface area (Å²) >= 11 is 1.69. The van der Waals surface area contributed by atoms with E-state index in [-0.39, 0.29) is 12.1 Å². The van der Waals surface area contributed by atoms with E-state index in [0.717, 1.165) is 64.7 Å². The van der Waals surface area contributed by atoms with E-state index in [9.17, 15) is 4.79 Å². The van der Waals surface area contributed by atoms with Crippen molar-refractivity contribution in [1.82, 2.24) is 9.88 Å². The second-order valence-corrected chi connectivity index (χ2v) is 11.3. The van der Waals surface area contributed by atoms with Gasteiger partial charge in [0.25, 0.3) is 0 Å². The summed E-state index contributed by atoms with van der Waals surface area (Å²) in [7, 11) is 0. The van der Waals surface area contributed by atoms with Gasteiger partial charge in [-0.3, -0.25) is 0 Å². The molecule has 0 aliphatic carbocycles. The molecule has 1 atom stereocenters. The SMILES string of the molecule is Cc1ccc(C)c(NC(=O)N2CCC(c3nc(C4=NO[C@@H](c5ccccc5-c5ccccc5)C4)cs3)CC2)c1. The van der Waals surface area contributed by atoms with E-state index in [4.69, 9.17) is 9.82 Å². The number of carbonyl (C=O) groups is 1. The maximum absolute atomic E-state index is 12.9. The van der Waals surface area contributed by atoms with Gasteiger partial charge in [-0.2, -0.15) is 0 Å². The van der Waals surface area contributed by atoms with E-state index in [1.807, 2.05) is 36.9 Å². The van der Waals surface area contributed by atoms with Gasteiger partial charge in [0.15, 0.2) is 6.10 Å². The molecule has 6 nitrogen and oxygen atoms in total. The Morgan fingerprint density at radius 2 is 1.77 bits per heavy atom. The van der Waals surface area contributed by atoms with E-state index in [1.54, 1.807) is 11.3 Å². The third-order valence-electron chi connectivity index (χ3n) is 7.65. The molecule has 2 aliphatic rings. The Hall–Kier alpha value is -3.97. The molecule has 198 valence electrons. The van der Waals surface area contributed by atoms with Crippen LogP contribution in [-0.4, -0.2) is 34.7 Å². The number of hydrogen-bond donors (Lipinski definition) is 1. The van der Waals surface area contributed by atoms with Gasteiger partial charge in [-0.1, -0.05) is 71.9 Å². The number of amides is 2. The van der Waals surface area contributed by atoms with E-state index < -0.39 is 0 Å². The molecular weight excluding hydrogens is 504 g/mol. The third-order valence-corrected chi connectivity index (χ3v) is 8.65. The predicted octanol–water partition coefficient (Wildman–Crippen LogP) is 7.70. The molecular formula is C32H32N4O2S. The van der Waals surface area contributed by atoms with E-state index in [1.165, 1.54) is 11.1 Å². The third kappa shape index (κ3) is 5.45. The average Bonchev–Trinajstić information content (AvgIpc) is 3.66. The van der Waals surface area contributed by atoms with Gasteiger partial charge < -0.3 is 15.1 Å². The molecule has 2 aliphatic heterocycles. The van der Waals surface area contributed by atoms with Crippen LogP contribution >= 0.6 is 11.3 Å². The normalized spacial score (nSPS) is 17.5. The lowest BCUT2D eigenvalue weighted by molar-refractivity contribution is 0.0861. The molecule has 4 aromatic rings. The summed E-state index contributed by atoms with van der Waals surface area (Å²) in [6.45, 7) is 5.50. The Kier molecular flexibility index (Phi) is 7.16. The van der Waals surface area contributed by atoms with Crippen LogP contribution in [0.3, 0.4) is 0 Å². The highest BCUT2D eigenvalue weighted by atomic mass is 32.1. The number of carbonyl (C=O) groups excluding carboxylic acids is 1. The lowest BCUT2D eigenvalue weighted by Crippen LogP contribution is -2.40. The molecule has 1 saturated heterocycles. The topological polar surface area (TPSA) is 66.8 Å². The molecule has 1 fully saturated rings. The number of oxime groups is 1. The zero-order valence-electron chi connectivity index (χ0n) is 22.3. The number of piperidine rings is 1. The molecule has 0 radical (unpaired) electrons. The van der Waals surface area contributed by atoms with E-state index >= 15 is 0 Å². The highest BCUT2D eigenvalue weighted by molar-refractivity contribution is 7.10. The van der Waals surface area contributed by atoms with Crippen LogP contribution in [0.4, 0.5) is 10.5 Å². The van der Waals surface area contributed by atoms with Gasteiger partial charge in [0, 0.05) is 42.1 Å². The van der Waals surface area contributed by atoms with Crippen LogP contribution in [0.2, 0.25) is 0 Å². The second-order valence-electron chi connectivity index (χ2n) is 10.4. The monoisotopic (exact) mass is 536 g/mol. The fourth-order valence-electron chi connectivity index (χ4n) is 5.36. The van der Waals surface area contributed by atoms with Crippen molar-refractivity contribution in [2.75, 3.05) is 18.4 Å². The Balaban J connectivity index is 1.07. The van der Waals surface area contributed by atoms with Gasteiger partial charge in [-0.25, -0.2) is 9.78 Å². The maximum Gasteiger partial charge on any atom is 0.321 e. The number of anilines is 1. The zero-order valence-corrected chi connectivity index (χ0v) is 23.1. The van der Waals surface area contributed by atoms with Crippen LogP contribution < -0.4 is 5.32 Å². The maximum atomic E-state index is 12.9. The first kappa shape index (κ1) is 25.3. The fraction of sp³-hybridized carbons (Fsp3) is 0.281. The summed E-state index contributed by atoms with van der Waals surface area (Å²) < 4.78 is 0. The summed E-state index contributed by atoms with van der Waals surface area (Å²) in [6.07, 6.45) is 2.39. The van der Waals surface area contributed by atoms with Gasteiger partial charge in [0.1, 0.15) is 5.71 Å². The molecule has 6 rings (SSSR count). The number of likely N-dealkylation sites (tertiary alicyclic amines) is 1. The average molecular weight is 537 g/mol.